The van der Waals surface area contributed by atoms with E-state index in [4.69, 9.17) is 5.11 Å². The van der Waals surface area contributed by atoms with Crippen LogP contribution in [0.2, 0.25) is 0 Å². The van der Waals surface area contributed by atoms with E-state index in [9.17, 15) is 8.42 Å². The van der Waals surface area contributed by atoms with E-state index in [2.05, 4.69) is 4.72 Å². The summed E-state index contributed by atoms with van der Waals surface area (Å²) < 4.78 is 26.0. The summed E-state index contributed by atoms with van der Waals surface area (Å²) in [6, 6.07) is 6.25. The number of aliphatic hydroxyl groups is 1. The summed E-state index contributed by atoms with van der Waals surface area (Å²) in [5.41, 5.74) is 0.690. The number of benzene rings is 1. The molecule has 1 aromatic rings. The van der Waals surface area contributed by atoms with Crippen LogP contribution in [-0.2, 0) is 10.0 Å². The quantitative estimate of drug-likeness (QED) is 0.797. The molecule has 0 fully saturated rings. The third-order valence-corrected chi connectivity index (χ3v) is 3.76. The lowest BCUT2D eigenvalue weighted by atomic mass is 10.2. The van der Waals surface area contributed by atoms with Crippen LogP contribution in [0.15, 0.2) is 29.2 Å². The Morgan fingerprint density at radius 2 is 2.00 bits per heavy atom. The van der Waals surface area contributed by atoms with E-state index in [1.807, 2.05) is 0 Å². The van der Waals surface area contributed by atoms with Gasteiger partial charge in [0, 0.05) is 6.04 Å². The molecule has 0 unspecified atom stereocenters. The average molecular weight is 229 g/mol. The number of nitrogens with one attached hydrogen (secondary N) is 1. The molecule has 1 rings (SSSR count). The van der Waals surface area contributed by atoms with Gasteiger partial charge in [0.2, 0.25) is 10.0 Å². The molecule has 0 saturated heterocycles. The topological polar surface area (TPSA) is 66.4 Å². The van der Waals surface area contributed by atoms with Crippen molar-refractivity contribution in [1.82, 2.24) is 4.72 Å². The number of hydrogen-bond acceptors (Lipinski definition) is 3. The second-order valence-electron chi connectivity index (χ2n) is 3.47. The third-order valence-electron chi connectivity index (χ3n) is 2.01. The molecule has 2 N–H and O–H groups in total. The Bertz CT molecular complexity index is 428. The molecule has 15 heavy (non-hydrogen) atoms. The molecule has 0 bridgehead atoms. The highest BCUT2D eigenvalue weighted by atomic mass is 32.2. The van der Waals surface area contributed by atoms with Gasteiger partial charge < -0.3 is 5.11 Å². The van der Waals surface area contributed by atoms with E-state index in [1.165, 1.54) is 0 Å². The fraction of sp³-hybridized carbons (Fsp3) is 0.400. The van der Waals surface area contributed by atoms with Crippen LogP contribution in [0.1, 0.15) is 12.5 Å². The number of aliphatic hydroxyl groups excluding tert-OH is 1. The first-order chi connectivity index (χ1) is 6.97. The molecular weight excluding hydrogens is 214 g/mol. The summed E-state index contributed by atoms with van der Waals surface area (Å²) in [4.78, 5) is 0.255. The van der Waals surface area contributed by atoms with Gasteiger partial charge in [0.1, 0.15) is 0 Å². The Labute approximate surface area is 90.0 Å². The van der Waals surface area contributed by atoms with E-state index in [1.54, 1.807) is 38.1 Å². The molecule has 0 aliphatic rings. The Balaban J connectivity index is 3.02. The first kappa shape index (κ1) is 12.2. The lowest BCUT2D eigenvalue weighted by Crippen LogP contribution is -2.35. The predicted octanol–water partition coefficient (Wildman–Crippen LogP) is 0.654. The van der Waals surface area contributed by atoms with Crippen LogP contribution < -0.4 is 4.72 Å². The van der Waals surface area contributed by atoms with Crippen molar-refractivity contribution in [1.29, 1.82) is 0 Å². The highest BCUT2D eigenvalue weighted by Gasteiger charge is 2.18. The molecule has 1 aromatic carbocycles. The molecule has 84 valence electrons. The van der Waals surface area contributed by atoms with Crippen LogP contribution in [0.4, 0.5) is 0 Å². The smallest absolute Gasteiger partial charge is 0.241 e. The maximum Gasteiger partial charge on any atom is 0.241 e. The predicted molar refractivity (Wildman–Crippen MR) is 58.0 cm³/mol. The second kappa shape index (κ2) is 4.74. The molecule has 0 radical (unpaired) electrons. The molecule has 0 aliphatic carbocycles. The lowest BCUT2D eigenvalue weighted by molar-refractivity contribution is 0.265. The van der Waals surface area contributed by atoms with Crippen LogP contribution in [0.5, 0.6) is 0 Å². The third kappa shape index (κ3) is 3.02. The van der Waals surface area contributed by atoms with Crippen molar-refractivity contribution in [2.45, 2.75) is 24.8 Å². The molecule has 4 nitrogen and oxygen atoms in total. The first-order valence-electron chi connectivity index (χ1n) is 4.66. The molecule has 5 heteroatoms. The zero-order valence-electron chi connectivity index (χ0n) is 8.77. The van der Waals surface area contributed by atoms with Crippen LogP contribution in [0.3, 0.4) is 0 Å². The maximum absolute atomic E-state index is 11.8. The lowest BCUT2D eigenvalue weighted by Gasteiger charge is -2.12. The van der Waals surface area contributed by atoms with Crippen LogP contribution in [-0.4, -0.2) is 26.2 Å². The van der Waals surface area contributed by atoms with Crippen LogP contribution in [0, 0.1) is 6.92 Å². The van der Waals surface area contributed by atoms with E-state index in [-0.39, 0.29) is 11.5 Å². The number of sulfonamides is 1. The molecule has 0 aromatic heterocycles. The number of aryl methyl sites for hydroxylation is 1. The van der Waals surface area contributed by atoms with Crippen molar-refractivity contribution >= 4 is 10.0 Å². The van der Waals surface area contributed by atoms with E-state index in [0.29, 0.717) is 5.56 Å². The van der Waals surface area contributed by atoms with Gasteiger partial charge in [0.05, 0.1) is 11.5 Å². The van der Waals surface area contributed by atoms with Gasteiger partial charge in [-0.2, -0.15) is 0 Å². The summed E-state index contributed by atoms with van der Waals surface area (Å²) in [7, 11) is -3.51. The van der Waals surface area contributed by atoms with Crippen molar-refractivity contribution in [3.05, 3.63) is 29.8 Å². The van der Waals surface area contributed by atoms with Crippen LogP contribution >= 0.6 is 0 Å². The molecule has 0 heterocycles. The Morgan fingerprint density at radius 3 is 2.53 bits per heavy atom. The van der Waals surface area contributed by atoms with Crippen LogP contribution in [0.25, 0.3) is 0 Å². The number of rotatable bonds is 4. The normalized spacial score (nSPS) is 13.8. The van der Waals surface area contributed by atoms with Gasteiger partial charge >= 0.3 is 0 Å². The van der Waals surface area contributed by atoms with Crippen molar-refractivity contribution < 1.29 is 13.5 Å². The van der Waals surface area contributed by atoms with Crippen molar-refractivity contribution in [2.24, 2.45) is 0 Å². The Hall–Kier alpha value is -0.910. The zero-order valence-corrected chi connectivity index (χ0v) is 9.58. The zero-order chi connectivity index (χ0) is 11.5. The molecule has 0 spiro atoms. The Kier molecular flexibility index (Phi) is 3.84. The van der Waals surface area contributed by atoms with E-state index >= 15 is 0 Å². The Morgan fingerprint density at radius 1 is 1.40 bits per heavy atom. The van der Waals surface area contributed by atoms with Gasteiger partial charge in [0.25, 0.3) is 0 Å². The molecule has 0 saturated carbocycles. The fourth-order valence-electron chi connectivity index (χ4n) is 1.22. The SMILES string of the molecule is Cc1ccccc1S(=O)(=O)N[C@@H](C)CO. The minimum absolute atomic E-state index is 0.217. The van der Waals surface area contributed by atoms with Crippen molar-refractivity contribution in [3.8, 4) is 0 Å². The summed E-state index contributed by atoms with van der Waals surface area (Å²) in [6.07, 6.45) is 0. The number of hydrogen-bond donors (Lipinski definition) is 2. The van der Waals surface area contributed by atoms with E-state index in [0.717, 1.165) is 0 Å². The van der Waals surface area contributed by atoms with E-state index < -0.39 is 16.1 Å². The minimum Gasteiger partial charge on any atom is -0.395 e. The maximum atomic E-state index is 11.8. The summed E-state index contributed by atoms with van der Waals surface area (Å²) >= 11 is 0. The molecule has 0 amide bonds. The second-order valence-corrected chi connectivity index (χ2v) is 5.15. The monoisotopic (exact) mass is 229 g/mol. The first-order valence-corrected chi connectivity index (χ1v) is 6.14. The van der Waals surface area contributed by atoms with Gasteiger partial charge in [-0.25, -0.2) is 13.1 Å². The minimum atomic E-state index is -3.51. The van der Waals surface area contributed by atoms with Gasteiger partial charge in [-0.1, -0.05) is 18.2 Å². The molecule has 1 atom stereocenters. The highest BCUT2D eigenvalue weighted by molar-refractivity contribution is 7.89. The van der Waals surface area contributed by atoms with Gasteiger partial charge in [0.15, 0.2) is 0 Å². The molecule has 0 aliphatic heterocycles. The van der Waals surface area contributed by atoms with Gasteiger partial charge in [-0.15, -0.1) is 0 Å². The van der Waals surface area contributed by atoms with Gasteiger partial charge in [-0.05, 0) is 25.5 Å². The fourth-order valence-corrected chi connectivity index (χ4v) is 2.70. The summed E-state index contributed by atoms with van der Waals surface area (Å²) in [6.45, 7) is 3.12. The highest BCUT2D eigenvalue weighted by Crippen LogP contribution is 2.13. The average Bonchev–Trinajstić information content (AvgIpc) is 2.17. The summed E-state index contributed by atoms with van der Waals surface area (Å²) in [5.74, 6) is 0. The molecular formula is C10H15NO3S. The van der Waals surface area contributed by atoms with Gasteiger partial charge in [-0.3, -0.25) is 0 Å². The standard InChI is InChI=1S/C10H15NO3S/c1-8-5-3-4-6-10(8)15(13,14)11-9(2)7-12/h3-6,9,11-12H,7H2,1-2H3/t9-/m0/s1. The van der Waals surface area contributed by atoms with Crippen molar-refractivity contribution in [3.63, 3.8) is 0 Å². The largest absolute Gasteiger partial charge is 0.395 e. The summed E-state index contributed by atoms with van der Waals surface area (Å²) in [5, 5.41) is 8.79. The van der Waals surface area contributed by atoms with Crippen molar-refractivity contribution in [2.75, 3.05) is 6.61 Å².